The fourth-order valence-corrected chi connectivity index (χ4v) is 2.27. The van der Waals surface area contributed by atoms with E-state index in [1.54, 1.807) is 12.4 Å². The lowest BCUT2D eigenvalue weighted by molar-refractivity contribution is -0.121. The Balaban J connectivity index is 1.80. The number of hydrogen-bond acceptors (Lipinski definition) is 3. The third kappa shape index (κ3) is 3.43. The van der Waals surface area contributed by atoms with Crippen molar-refractivity contribution in [2.45, 2.75) is 25.3 Å². The van der Waals surface area contributed by atoms with Gasteiger partial charge in [-0.1, -0.05) is 0 Å². The van der Waals surface area contributed by atoms with Crippen LogP contribution >= 0.6 is 0 Å². The number of urea groups is 1. The summed E-state index contributed by atoms with van der Waals surface area (Å²) in [6.45, 7) is 1.12. The van der Waals surface area contributed by atoms with Gasteiger partial charge in [0.25, 0.3) is 0 Å². The Morgan fingerprint density at radius 2 is 2.16 bits per heavy atom. The second-order valence-electron chi connectivity index (χ2n) is 4.59. The van der Waals surface area contributed by atoms with Crippen LogP contribution in [0.25, 0.3) is 0 Å². The summed E-state index contributed by atoms with van der Waals surface area (Å²) in [4.78, 5) is 28.6. The maximum absolute atomic E-state index is 11.9. The Hall–Kier alpha value is -2.11. The van der Waals surface area contributed by atoms with Crippen molar-refractivity contribution in [3.8, 4) is 0 Å². The molecule has 0 bridgehead atoms. The van der Waals surface area contributed by atoms with E-state index in [1.807, 2.05) is 12.1 Å². The monoisotopic (exact) mass is 262 g/mol. The molecule has 1 aromatic rings. The molecule has 2 rings (SSSR count). The third-order valence-electron chi connectivity index (χ3n) is 3.28. The molecule has 1 fully saturated rings. The first-order chi connectivity index (χ1) is 9.18. The molecule has 0 aromatic carbocycles. The Bertz CT molecular complexity index is 449. The zero-order chi connectivity index (χ0) is 13.7. The van der Waals surface area contributed by atoms with E-state index in [2.05, 4.69) is 10.3 Å². The summed E-state index contributed by atoms with van der Waals surface area (Å²) >= 11 is 0. The molecule has 1 aliphatic heterocycles. The summed E-state index contributed by atoms with van der Waals surface area (Å²) in [5.74, 6) is -0.429. The minimum Gasteiger partial charge on any atom is -0.368 e. The number of primary amides is 1. The molecule has 1 atom stereocenters. The number of hydrogen-bond donors (Lipinski definition) is 2. The number of carbonyl (C=O) groups is 2. The molecule has 0 aliphatic carbocycles. The number of pyridine rings is 1. The number of aromatic nitrogens is 1. The second-order valence-corrected chi connectivity index (χ2v) is 4.59. The number of likely N-dealkylation sites (tertiary alicyclic amines) is 1. The standard InChI is InChI=1S/C13H18N4O2/c14-12(18)11-2-1-9-17(11)13(19)16-8-5-10-3-6-15-7-4-10/h3-4,6-7,11H,1-2,5,8-9H2,(H2,14,18)(H,16,19)/t11-/m1/s1. The van der Waals surface area contributed by atoms with Crippen LogP contribution in [0.4, 0.5) is 4.79 Å². The summed E-state index contributed by atoms with van der Waals surface area (Å²) in [5.41, 5.74) is 6.39. The zero-order valence-corrected chi connectivity index (χ0v) is 10.7. The van der Waals surface area contributed by atoms with Gasteiger partial charge in [-0.3, -0.25) is 9.78 Å². The van der Waals surface area contributed by atoms with Gasteiger partial charge in [-0.15, -0.1) is 0 Å². The minimum atomic E-state index is -0.457. The van der Waals surface area contributed by atoms with E-state index in [-0.39, 0.29) is 6.03 Å². The number of nitrogens with zero attached hydrogens (tertiary/aromatic N) is 2. The summed E-state index contributed by atoms with van der Waals surface area (Å²) in [6.07, 6.45) is 5.67. The molecule has 3 N–H and O–H groups in total. The normalized spacial score (nSPS) is 18.3. The first kappa shape index (κ1) is 13.3. The van der Waals surface area contributed by atoms with Crippen LogP contribution in [0.3, 0.4) is 0 Å². The Morgan fingerprint density at radius 3 is 2.84 bits per heavy atom. The van der Waals surface area contributed by atoms with Crippen LogP contribution < -0.4 is 11.1 Å². The summed E-state index contributed by atoms with van der Waals surface area (Å²) < 4.78 is 0. The van der Waals surface area contributed by atoms with Gasteiger partial charge in [-0.2, -0.15) is 0 Å². The number of nitrogens with one attached hydrogen (secondary N) is 1. The van der Waals surface area contributed by atoms with Crippen molar-refractivity contribution in [1.82, 2.24) is 15.2 Å². The van der Waals surface area contributed by atoms with Gasteiger partial charge < -0.3 is 16.0 Å². The smallest absolute Gasteiger partial charge is 0.318 e. The van der Waals surface area contributed by atoms with E-state index < -0.39 is 11.9 Å². The van der Waals surface area contributed by atoms with Crippen molar-refractivity contribution < 1.29 is 9.59 Å². The SMILES string of the molecule is NC(=O)[C@H]1CCCN1C(=O)NCCc1ccncc1. The van der Waals surface area contributed by atoms with Gasteiger partial charge in [-0.25, -0.2) is 4.79 Å². The number of amides is 3. The molecule has 6 heteroatoms. The molecule has 0 unspecified atom stereocenters. The van der Waals surface area contributed by atoms with Crippen LogP contribution in [0.15, 0.2) is 24.5 Å². The topological polar surface area (TPSA) is 88.3 Å². The third-order valence-corrected chi connectivity index (χ3v) is 3.28. The first-order valence-electron chi connectivity index (χ1n) is 6.41. The van der Waals surface area contributed by atoms with Gasteiger partial charge in [0.1, 0.15) is 6.04 Å². The number of rotatable bonds is 4. The van der Waals surface area contributed by atoms with Crippen molar-refractivity contribution in [2.75, 3.05) is 13.1 Å². The van der Waals surface area contributed by atoms with Crippen LogP contribution in [-0.2, 0) is 11.2 Å². The van der Waals surface area contributed by atoms with Crippen molar-refractivity contribution in [1.29, 1.82) is 0 Å². The summed E-state index contributed by atoms with van der Waals surface area (Å²) in [7, 11) is 0. The van der Waals surface area contributed by atoms with Crippen LogP contribution in [0.2, 0.25) is 0 Å². The van der Waals surface area contributed by atoms with Gasteiger partial charge in [-0.05, 0) is 37.0 Å². The van der Waals surface area contributed by atoms with E-state index >= 15 is 0 Å². The quantitative estimate of drug-likeness (QED) is 0.817. The molecule has 1 aliphatic rings. The van der Waals surface area contributed by atoms with Gasteiger partial charge >= 0.3 is 6.03 Å². The maximum atomic E-state index is 11.9. The summed E-state index contributed by atoms with van der Waals surface area (Å²) in [6, 6.07) is 3.15. The highest BCUT2D eigenvalue weighted by Gasteiger charge is 2.32. The number of carbonyl (C=O) groups excluding carboxylic acids is 2. The lowest BCUT2D eigenvalue weighted by Gasteiger charge is -2.22. The molecule has 1 saturated heterocycles. The van der Waals surface area contributed by atoms with Crippen molar-refractivity contribution >= 4 is 11.9 Å². The first-order valence-corrected chi connectivity index (χ1v) is 6.41. The molecule has 0 radical (unpaired) electrons. The van der Waals surface area contributed by atoms with Crippen LogP contribution in [-0.4, -0.2) is 41.0 Å². The Labute approximate surface area is 112 Å². The van der Waals surface area contributed by atoms with Crippen LogP contribution in [0.5, 0.6) is 0 Å². The van der Waals surface area contributed by atoms with E-state index in [0.29, 0.717) is 19.5 Å². The van der Waals surface area contributed by atoms with Crippen molar-refractivity contribution in [2.24, 2.45) is 5.73 Å². The average molecular weight is 262 g/mol. The minimum absolute atomic E-state index is 0.213. The highest BCUT2D eigenvalue weighted by molar-refractivity contribution is 5.86. The average Bonchev–Trinajstić information content (AvgIpc) is 2.89. The van der Waals surface area contributed by atoms with Crippen LogP contribution in [0.1, 0.15) is 18.4 Å². The predicted octanol–water partition coefficient (Wildman–Crippen LogP) is 0.283. The lowest BCUT2D eigenvalue weighted by atomic mass is 10.2. The van der Waals surface area contributed by atoms with E-state index in [1.165, 1.54) is 4.90 Å². The van der Waals surface area contributed by atoms with E-state index in [9.17, 15) is 9.59 Å². The fraction of sp³-hybridized carbons (Fsp3) is 0.462. The largest absolute Gasteiger partial charge is 0.368 e. The van der Waals surface area contributed by atoms with Crippen molar-refractivity contribution in [3.63, 3.8) is 0 Å². The molecule has 1 aromatic heterocycles. The van der Waals surface area contributed by atoms with E-state index in [0.717, 1.165) is 18.4 Å². The molecule has 6 nitrogen and oxygen atoms in total. The Morgan fingerprint density at radius 1 is 1.42 bits per heavy atom. The zero-order valence-electron chi connectivity index (χ0n) is 10.7. The fourth-order valence-electron chi connectivity index (χ4n) is 2.27. The molecular formula is C13H18N4O2. The van der Waals surface area contributed by atoms with Gasteiger partial charge in [0.15, 0.2) is 0 Å². The van der Waals surface area contributed by atoms with Crippen molar-refractivity contribution in [3.05, 3.63) is 30.1 Å². The van der Waals surface area contributed by atoms with Gasteiger partial charge in [0.05, 0.1) is 0 Å². The number of nitrogens with two attached hydrogens (primary N) is 1. The molecule has 0 spiro atoms. The molecule has 0 saturated carbocycles. The van der Waals surface area contributed by atoms with E-state index in [4.69, 9.17) is 5.73 Å². The van der Waals surface area contributed by atoms with Gasteiger partial charge in [0, 0.05) is 25.5 Å². The highest BCUT2D eigenvalue weighted by Crippen LogP contribution is 2.16. The predicted molar refractivity (Wildman–Crippen MR) is 70.3 cm³/mol. The molecular weight excluding hydrogens is 244 g/mol. The molecule has 3 amide bonds. The molecule has 2 heterocycles. The highest BCUT2D eigenvalue weighted by atomic mass is 16.2. The molecule has 102 valence electrons. The lowest BCUT2D eigenvalue weighted by Crippen LogP contribution is -2.48. The summed E-state index contributed by atoms with van der Waals surface area (Å²) in [5, 5.41) is 2.82. The maximum Gasteiger partial charge on any atom is 0.318 e. The van der Waals surface area contributed by atoms with Crippen LogP contribution in [0, 0.1) is 0 Å². The molecule has 19 heavy (non-hydrogen) atoms. The van der Waals surface area contributed by atoms with Gasteiger partial charge in [0.2, 0.25) is 5.91 Å². The Kier molecular flexibility index (Phi) is 4.33. The second kappa shape index (κ2) is 6.17.